The standard InChI is InChI=1S/C18H23N3O2S/c1-2-20-13-10-17(11-14-20)21(16-7-4-3-5-8-16)24(22,23)18-9-6-12-19-15-18/h3-9,12,15,17H,2,10-11,13-14H2,1H3. The number of pyridine rings is 1. The van der Waals surface area contributed by atoms with E-state index < -0.39 is 10.0 Å². The van der Waals surface area contributed by atoms with E-state index in [2.05, 4.69) is 16.8 Å². The Morgan fingerprint density at radius 2 is 1.83 bits per heavy atom. The lowest BCUT2D eigenvalue weighted by molar-refractivity contribution is 0.224. The van der Waals surface area contributed by atoms with Crippen LogP contribution in [0, 0.1) is 0 Å². The molecule has 0 unspecified atom stereocenters. The Hall–Kier alpha value is -1.92. The SMILES string of the molecule is CCN1CCC(N(c2ccccc2)S(=O)(=O)c2cccnc2)CC1. The molecule has 1 aliphatic rings. The number of para-hydroxylation sites is 1. The fraction of sp³-hybridized carbons (Fsp3) is 0.389. The maximum absolute atomic E-state index is 13.3. The predicted octanol–water partition coefficient (Wildman–Crippen LogP) is 2.76. The van der Waals surface area contributed by atoms with Gasteiger partial charge in [-0.15, -0.1) is 0 Å². The molecule has 1 fully saturated rings. The minimum Gasteiger partial charge on any atom is -0.303 e. The Morgan fingerprint density at radius 1 is 1.12 bits per heavy atom. The van der Waals surface area contributed by atoms with E-state index in [9.17, 15) is 8.42 Å². The lowest BCUT2D eigenvalue weighted by Crippen LogP contribution is -2.47. The average Bonchev–Trinajstić information content (AvgIpc) is 2.64. The highest BCUT2D eigenvalue weighted by Crippen LogP contribution is 2.29. The Kier molecular flexibility index (Phi) is 5.16. The number of hydrogen-bond acceptors (Lipinski definition) is 4. The van der Waals surface area contributed by atoms with E-state index >= 15 is 0 Å². The molecule has 3 rings (SSSR count). The van der Waals surface area contributed by atoms with Crippen molar-refractivity contribution in [3.05, 3.63) is 54.9 Å². The highest BCUT2D eigenvalue weighted by molar-refractivity contribution is 7.92. The molecule has 1 aromatic carbocycles. The van der Waals surface area contributed by atoms with Crippen LogP contribution in [-0.2, 0) is 10.0 Å². The lowest BCUT2D eigenvalue weighted by atomic mass is 10.0. The number of hydrogen-bond donors (Lipinski definition) is 0. The molecule has 24 heavy (non-hydrogen) atoms. The first-order valence-electron chi connectivity index (χ1n) is 8.35. The van der Waals surface area contributed by atoms with Gasteiger partial charge >= 0.3 is 0 Å². The van der Waals surface area contributed by atoms with Gasteiger partial charge in [-0.05, 0) is 43.7 Å². The van der Waals surface area contributed by atoms with Crippen LogP contribution in [0.2, 0.25) is 0 Å². The summed E-state index contributed by atoms with van der Waals surface area (Å²) < 4.78 is 28.1. The van der Waals surface area contributed by atoms with E-state index in [1.54, 1.807) is 22.6 Å². The molecular formula is C18H23N3O2S. The lowest BCUT2D eigenvalue weighted by Gasteiger charge is -2.38. The van der Waals surface area contributed by atoms with Gasteiger partial charge in [0.2, 0.25) is 0 Å². The van der Waals surface area contributed by atoms with Crippen molar-refractivity contribution in [2.45, 2.75) is 30.7 Å². The highest BCUT2D eigenvalue weighted by atomic mass is 32.2. The van der Waals surface area contributed by atoms with Gasteiger partial charge in [-0.3, -0.25) is 9.29 Å². The third-order valence-electron chi connectivity index (χ3n) is 4.54. The molecule has 0 amide bonds. The van der Waals surface area contributed by atoms with Crippen LogP contribution >= 0.6 is 0 Å². The topological polar surface area (TPSA) is 53.5 Å². The van der Waals surface area contributed by atoms with Gasteiger partial charge in [-0.1, -0.05) is 25.1 Å². The second-order valence-electron chi connectivity index (χ2n) is 5.99. The van der Waals surface area contributed by atoms with Gasteiger partial charge in [0.1, 0.15) is 4.90 Å². The van der Waals surface area contributed by atoms with Gasteiger partial charge in [0, 0.05) is 31.5 Å². The molecule has 2 aromatic rings. The molecule has 0 aliphatic carbocycles. The maximum Gasteiger partial charge on any atom is 0.266 e. The zero-order chi connectivity index (χ0) is 17.0. The van der Waals surface area contributed by atoms with E-state index in [1.807, 2.05) is 30.3 Å². The minimum absolute atomic E-state index is 0.0274. The molecule has 0 saturated carbocycles. The predicted molar refractivity (Wildman–Crippen MR) is 95.5 cm³/mol. The van der Waals surface area contributed by atoms with Gasteiger partial charge in [-0.2, -0.15) is 0 Å². The smallest absolute Gasteiger partial charge is 0.266 e. The number of anilines is 1. The van der Waals surface area contributed by atoms with Gasteiger partial charge in [0.05, 0.1) is 5.69 Å². The summed E-state index contributed by atoms with van der Waals surface area (Å²) in [5.41, 5.74) is 0.719. The van der Waals surface area contributed by atoms with E-state index in [0.717, 1.165) is 38.2 Å². The van der Waals surface area contributed by atoms with E-state index in [4.69, 9.17) is 0 Å². The van der Waals surface area contributed by atoms with Gasteiger partial charge in [-0.25, -0.2) is 8.42 Å². The molecule has 0 radical (unpaired) electrons. The zero-order valence-electron chi connectivity index (χ0n) is 13.9. The zero-order valence-corrected chi connectivity index (χ0v) is 14.7. The molecule has 0 spiro atoms. The number of sulfonamides is 1. The number of aromatic nitrogens is 1. The Morgan fingerprint density at radius 3 is 2.42 bits per heavy atom. The normalized spacial score (nSPS) is 16.9. The van der Waals surface area contributed by atoms with Crippen molar-refractivity contribution in [1.82, 2.24) is 9.88 Å². The first-order chi connectivity index (χ1) is 11.6. The Balaban J connectivity index is 1.98. The number of piperidine rings is 1. The van der Waals surface area contributed by atoms with Crippen LogP contribution < -0.4 is 4.31 Å². The molecule has 2 heterocycles. The maximum atomic E-state index is 13.3. The molecule has 128 valence electrons. The molecular weight excluding hydrogens is 322 g/mol. The molecule has 1 saturated heterocycles. The van der Waals surface area contributed by atoms with Crippen LogP contribution in [0.15, 0.2) is 59.8 Å². The summed E-state index contributed by atoms with van der Waals surface area (Å²) in [5.74, 6) is 0. The number of rotatable bonds is 5. The van der Waals surface area contributed by atoms with E-state index in [0.29, 0.717) is 0 Å². The number of likely N-dealkylation sites (tertiary alicyclic amines) is 1. The summed E-state index contributed by atoms with van der Waals surface area (Å²) in [7, 11) is -3.63. The molecule has 1 aromatic heterocycles. The van der Waals surface area contributed by atoms with Gasteiger partial charge in [0.15, 0.2) is 0 Å². The van der Waals surface area contributed by atoms with E-state index in [-0.39, 0.29) is 10.9 Å². The van der Waals surface area contributed by atoms with Crippen LogP contribution in [0.25, 0.3) is 0 Å². The fourth-order valence-corrected chi connectivity index (χ4v) is 4.88. The first kappa shape index (κ1) is 16.9. The second kappa shape index (κ2) is 7.32. The van der Waals surface area contributed by atoms with Crippen molar-refractivity contribution in [1.29, 1.82) is 0 Å². The fourth-order valence-electron chi connectivity index (χ4n) is 3.20. The number of nitrogens with zero attached hydrogens (tertiary/aromatic N) is 3. The van der Waals surface area contributed by atoms with Crippen molar-refractivity contribution < 1.29 is 8.42 Å². The average molecular weight is 345 g/mol. The molecule has 5 nitrogen and oxygen atoms in total. The third-order valence-corrected chi connectivity index (χ3v) is 6.40. The Labute approximate surface area is 144 Å². The van der Waals surface area contributed by atoms with Crippen molar-refractivity contribution in [3.63, 3.8) is 0 Å². The van der Waals surface area contributed by atoms with Crippen molar-refractivity contribution in [2.75, 3.05) is 23.9 Å². The van der Waals surface area contributed by atoms with Crippen LogP contribution in [0.1, 0.15) is 19.8 Å². The second-order valence-corrected chi connectivity index (χ2v) is 7.81. The van der Waals surface area contributed by atoms with Crippen LogP contribution in [-0.4, -0.2) is 44.0 Å². The molecule has 6 heteroatoms. The molecule has 0 N–H and O–H groups in total. The summed E-state index contributed by atoms with van der Waals surface area (Å²) in [4.78, 5) is 6.58. The van der Waals surface area contributed by atoms with Gasteiger partial charge in [0.25, 0.3) is 10.0 Å². The molecule has 0 atom stereocenters. The molecule has 1 aliphatic heterocycles. The number of benzene rings is 1. The van der Waals surface area contributed by atoms with Crippen LogP contribution in [0.4, 0.5) is 5.69 Å². The van der Waals surface area contributed by atoms with E-state index in [1.165, 1.54) is 6.20 Å². The summed E-state index contributed by atoms with van der Waals surface area (Å²) in [6.45, 7) is 5.00. The summed E-state index contributed by atoms with van der Waals surface area (Å²) in [5, 5.41) is 0. The largest absolute Gasteiger partial charge is 0.303 e. The summed E-state index contributed by atoms with van der Waals surface area (Å²) >= 11 is 0. The highest BCUT2D eigenvalue weighted by Gasteiger charge is 2.33. The quantitative estimate of drug-likeness (QED) is 0.836. The third kappa shape index (κ3) is 3.44. The summed E-state index contributed by atoms with van der Waals surface area (Å²) in [6, 6.07) is 12.6. The summed E-state index contributed by atoms with van der Waals surface area (Å²) in [6.07, 6.45) is 4.68. The first-order valence-corrected chi connectivity index (χ1v) is 9.79. The van der Waals surface area contributed by atoms with Crippen LogP contribution in [0.3, 0.4) is 0 Å². The van der Waals surface area contributed by atoms with Crippen molar-refractivity contribution in [2.24, 2.45) is 0 Å². The molecule has 0 bridgehead atoms. The Bertz CT molecular complexity index is 742. The van der Waals surface area contributed by atoms with Crippen molar-refractivity contribution >= 4 is 15.7 Å². The van der Waals surface area contributed by atoms with Crippen molar-refractivity contribution in [3.8, 4) is 0 Å². The monoisotopic (exact) mass is 345 g/mol. The van der Waals surface area contributed by atoms with Crippen LogP contribution in [0.5, 0.6) is 0 Å². The minimum atomic E-state index is -3.63. The van der Waals surface area contributed by atoms with Gasteiger partial charge < -0.3 is 4.90 Å².